The normalized spacial score (nSPS) is 19.6. The number of halogens is 2. The van der Waals surface area contributed by atoms with Crippen molar-refractivity contribution in [3.63, 3.8) is 0 Å². The van der Waals surface area contributed by atoms with Crippen LogP contribution in [-0.2, 0) is 26.1 Å². The van der Waals surface area contributed by atoms with Gasteiger partial charge >= 0.3 is 0 Å². The van der Waals surface area contributed by atoms with Crippen molar-refractivity contribution in [1.29, 1.82) is 0 Å². The van der Waals surface area contributed by atoms with Crippen molar-refractivity contribution in [3.8, 4) is 0 Å². The summed E-state index contributed by atoms with van der Waals surface area (Å²) >= 11 is 9.84. The highest BCUT2D eigenvalue weighted by molar-refractivity contribution is 9.09. The average molecular weight is 679 g/mol. The van der Waals surface area contributed by atoms with Gasteiger partial charge in [0.1, 0.15) is 6.23 Å². The van der Waals surface area contributed by atoms with Gasteiger partial charge in [0.2, 0.25) is 5.66 Å². The summed E-state index contributed by atoms with van der Waals surface area (Å²) in [6, 6.07) is 34.6. The minimum atomic E-state index is -4.23. The molecule has 220 valence electrons. The number of nitrogens with one attached hydrogen (secondary N) is 1. The van der Waals surface area contributed by atoms with Crippen molar-refractivity contribution in [3.05, 3.63) is 136 Å². The van der Waals surface area contributed by atoms with Gasteiger partial charge in [0.15, 0.2) is 0 Å². The van der Waals surface area contributed by atoms with Crippen LogP contribution in [0.15, 0.2) is 135 Å². The van der Waals surface area contributed by atoms with E-state index in [-0.39, 0.29) is 4.90 Å². The van der Waals surface area contributed by atoms with Crippen LogP contribution in [0.2, 0.25) is 5.02 Å². The maximum Gasteiger partial charge on any atom is 0.298 e. The van der Waals surface area contributed by atoms with Crippen molar-refractivity contribution in [2.75, 3.05) is 11.9 Å². The van der Waals surface area contributed by atoms with E-state index >= 15 is 0 Å². The van der Waals surface area contributed by atoms with Gasteiger partial charge in [0, 0.05) is 10.4 Å². The Morgan fingerprint density at radius 2 is 1.40 bits per heavy atom. The number of benzene rings is 4. The van der Waals surface area contributed by atoms with E-state index in [0.29, 0.717) is 29.7 Å². The van der Waals surface area contributed by atoms with E-state index in [0.717, 1.165) is 22.3 Å². The molecule has 43 heavy (non-hydrogen) atoms. The Balaban J connectivity index is 1.51. The van der Waals surface area contributed by atoms with Crippen LogP contribution in [0.1, 0.15) is 28.7 Å². The first kappa shape index (κ1) is 29.8. The molecule has 2 unspecified atom stereocenters. The number of nitrogens with zero attached hydrogens (tertiary/aromatic N) is 4. The van der Waals surface area contributed by atoms with Crippen molar-refractivity contribution < 1.29 is 12.6 Å². The quantitative estimate of drug-likeness (QED) is 0.107. The molecule has 0 bridgehead atoms. The third-order valence-electron chi connectivity index (χ3n) is 8.20. The van der Waals surface area contributed by atoms with Crippen LogP contribution in [0.4, 0.5) is 0 Å². The monoisotopic (exact) mass is 677 g/mol. The fourth-order valence-corrected chi connectivity index (χ4v) is 8.19. The van der Waals surface area contributed by atoms with Gasteiger partial charge in [0.25, 0.3) is 10.1 Å². The van der Waals surface area contributed by atoms with Gasteiger partial charge in [0.05, 0.1) is 16.2 Å². The second kappa shape index (κ2) is 12.4. The lowest BCUT2D eigenvalue weighted by atomic mass is 9.58. The van der Waals surface area contributed by atoms with E-state index in [1.165, 1.54) is 12.1 Å². The second-order valence-corrected chi connectivity index (χ2v) is 13.2. The smallest absolute Gasteiger partial charge is 0.291 e. The van der Waals surface area contributed by atoms with Crippen LogP contribution in [0.3, 0.4) is 0 Å². The molecule has 6 rings (SSSR count). The first-order chi connectivity index (χ1) is 20.9. The summed E-state index contributed by atoms with van der Waals surface area (Å²) in [5.74, 6) is -0.582. The molecule has 0 aliphatic carbocycles. The zero-order valence-electron chi connectivity index (χ0n) is 23.1. The van der Waals surface area contributed by atoms with Gasteiger partial charge < -0.3 is 0 Å². The zero-order valence-corrected chi connectivity index (χ0v) is 26.2. The van der Waals surface area contributed by atoms with E-state index in [1.807, 2.05) is 91.0 Å². The molecule has 8 nitrogen and oxygen atoms in total. The molecule has 11 heteroatoms. The van der Waals surface area contributed by atoms with E-state index in [4.69, 9.17) is 26.0 Å². The predicted octanol–water partition coefficient (Wildman–Crippen LogP) is 7.48. The highest BCUT2D eigenvalue weighted by atomic mass is 79.9. The van der Waals surface area contributed by atoms with Crippen molar-refractivity contribution in [2.24, 2.45) is 26.6 Å². The van der Waals surface area contributed by atoms with Gasteiger partial charge in [-0.05, 0) is 64.2 Å². The zero-order chi connectivity index (χ0) is 29.9. The minimum absolute atomic E-state index is 0.0209. The van der Waals surface area contributed by atoms with E-state index in [2.05, 4.69) is 31.7 Å². The maximum atomic E-state index is 13.7. The highest BCUT2D eigenvalue weighted by Crippen LogP contribution is 2.57. The number of alkyl halides is 1. The van der Waals surface area contributed by atoms with Crippen molar-refractivity contribution >= 4 is 37.6 Å². The summed E-state index contributed by atoms with van der Waals surface area (Å²) in [4.78, 5) is -0.0209. The first-order valence-corrected chi connectivity index (χ1v) is 16.8. The molecule has 2 aliphatic rings. The van der Waals surface area contributed by atoms with E-state index in [9.17, 15) is 8.42 Å². The van der Waals surface area contributed by atoms with E-state index in [1.54, 1.807) is 6.07 Å². The molecule has 0 aromatic heterocycles. The molecule has 2 heterocycles. The van der Waals surface area contributed by atoms with E-state index < -0.39 is 33.3 Å². The molecule has 2 atom stereocenters. The van der Waals surface area contributed by atoms with Crippen LogP contribution in [0.5, 0.6) is 0 Å². The summed E-state index contributed by atoms with van der Waals surface area (Å²) in [5, 5.41) is 22.1. The second-order valence-electron chi connectivity index (χ2n) is 10.5. The van der Waals surface area contributed by atoms with Gasteiger partial charge in [-0.3, -0.25) is 5.32 Å². The van der Waals surface area contributed by atoms with Gasteiger partial charge in [-0.25, -0.2) is 4.18 Å². The Kier molecular flexibility index (Phi) is 8.57. The third-order valence-corrected chi connectivity index (χ3v) is 10.2. The lowest BCUT2D eigenvalue weighted by Gasteiger charge is -2.47. The Bertz CT molecular complexity index is 1630. The highest BCUT2D eigenvalue weighted by Gasteiger charge is 2.65. The van der Waals surface area contributed by atoms with Crippen LogP contribution in [0.25, 0.3) is 0 Å². The van der Waals surface area contributed by atoms with Gasteiger partial charge in [-0.15, -0.1) is 10.2 Å². The molecule has 4 aromatic rings. The molecule has 4 aromatic carbocycles. The molecular formula is C32H29BrClN5O3S. The standard InChI is InChI=1S/C32H29BrClN5O3S/c33-20-18-23-16-17-27(22-29(23)34)43(40,41)42-30-28(19-21-35-30)32(36-38-39-37-32)31(24-10-4-1-5-11-24,25-12-6-2-7-13-25)26-14-8-3-9-15-26/h1-17,22,28,30,35H,18-21H2. The van der Waals surface area contributed by atoms with Crippen molar-refractivity contribution in [1.82, 2.24) is 5.32 Å². The Morgan fingerprint density at radius 3 is 1.88 bits per heavy atom. The third kappa shape index (κ3) is 5.25. The summed E-state index contributed by atoms with van der Waals surface area (Å²) in [6.07, 6.45) is 0.209. The Labute approximate surface area is 264 Å². The molecule has 1 fully saturated rings. The molecule has 0 radical (unpaired) electrons. The van der Waals surface area contributed by atoms with Crippen LogP contribution >= 0.6 is 27.5 Å². The average Bonchev–Trinajstić information content (AvgIpc) is 3.71. The summed E-state index contributed by atoms with van der Waals surface area (Å²) in [5.41, 5.74) is 1.15. The number of rotatable bonds is 10. The molecular weight excluding hydrogens is 650 g/mol. The topological polar surface area (TPSA) is 105 Å². The first-order valence-electron chi connectivity index (χ1n) is 13.9. The lowest BCUT2D eigenvalue weighted by Crippen LogP contribution is -2.57. The SMILES string of the molecule is O=S(=O)(OC1NCCC1C1(C(c2ccccc2)(c2ccccc2)c2ccccc2)N=NN=N1)c1ccc(CCBr)c(Cl)c1. The molecule has 0 spiro atoms. The number of hydrogen-bond acceptors (Lipinski definition) is 8. The van der Waals surface area contributed by atoms with Crippen LogP contribution in [-0.4, -0.2) is 32.2 Å². The van der Waals surface area contributed by atoms with Crippen LogP contribution < -0.4 is 5.32 Å². The summed E-state index contributed by atoms with van der Waals surface area (Å²) in [6.45, 7) is 0.483. The summed E-state index contributed by atoms with van der Waals surface area (Å²) in [7, 11) is -4.23. The van der Waals surface area contributed by atoms with Crippen LogP contribution in [0, 0.1) is 5.92 Å². The molecule has 1 N–H and O–H groups in total. The molecule has 0 saturated carbocycles. The van der Waals surface area contributed by atoms with Gasteiger partial charge in [-0.2, -0.15) is 8.42 Å². The summed E-state index contributed by atoms with van der Waals surface area (Å²) < 4.78 is 33.4. The fourth-order valence-electron chi connectivity index (χ4n) is 6.34. The maximum absolute atomic E-state index is 13.7. The number of aryl methyl sites for hydroxylation is 1. The minimum Gasteiger partial charge on any atom is -0.291 e. The largest absolute Gasteiger partial charge is 0.298 e. The molecule has 0 amide bonds. The molecule has 2 aliphatic heterocycles. The lowest BCUT2D eigenvalue weighted by molar-refractivity contribution is 0.0739. The number of hydrogen-bond donors (Lipinski definition) is 1. The Morgan fingerprint density at radius 1 is 0.860 bits per heavy atom. The predicted molar refractivity (Wildman–Crippen MR) is 169 cm³/mol. The van der Waals surface area contributed by atoms with Gasteiger partial charge in [-0.1, -0.05) is 125 Å². The molecule has 1 saturated heterocycles. The van der Waals surface area contributed by atoms with Crippen molar-refractivity contribution in [2.45, 2.75) is 35.0 Å². The Hall–Kier alpha value is -3.28. The fraction of sp³-hybridized carbons (Fsp3) is 0.250.